The van der Waals surface area contributed by atoms with Gasteiger partial charge < -0.3 is 83.4 Å². The van der Waals surface area contributed by atoms with Crippen LogP contribution in [0.15, 0.2) is 0 Å². The third kappa shape index (κ3) is 42.3. The van der Waals surface area contributed by atoms with E-state index < -0.39 is 17.6 Å². The van der Waals surface area contributed by atoms with E-state index in [0.717, 1.165) is 103 Å². The number of methoxy groups -OCH3 is 6. The molecule has 0 spiro atoms. The lowest BCUT2D eigenvalue weighted by atomic mass is 10.0. The summed E-state index contributed by atoms with van der Waals surface area (Å²) in [6.45, 7) is 15.2. The van der Waals surface area contributed by atoms with Gasteiger partial charge in [0.1, 0.15) is 5.78 Å². The van der Waals surface area contributed by atoms with Crippen LogP contribution in [-0.2, 0) is 88.2 Å². The molecule has 0 fully saturated rings. The molecule has 444 valence electrons. The number of unbranched alkanes of at least 4 members (excludes halogenated alkanes) is 10. The Labute approximate surface area is 451 Å². The normalized spacial score (nSPS) is 13.1. The molecule has 0 heterocycles. The SMILES string of the molecule is CCC(CCCCCCCCC(=O)CCCCCCCCC(CC)[Si](OCCOCCOC)(OCCOCCOC)OCCOCCOC)[Si](OCCOCCOC)(OCCOCCOC)OCCOCCOC. The summed E-state index contributed by atoms with van der Waals surface area (Å²) >= 11 is 0. The molecule has 0 aliphatic heterocycles. The van der Waals surface area contributed by atoms with Gasteiger partial charge in [-0.2, -0.15) is 0 Å². The summed E-state index contributed by atoms with van der Waals surface area (Å²) in [4.78, 5) is 12.8. The van der Waals surface area contributed by atoms with Crippen molar-refractivity contribution in [1.82, 2.24) is 0 Å². The van der Waals surface area contributed by atoms with Gasteiger partial charge in [-0.3, -0.25) is 4.79 Å². The first kappa shape index (κ1) is 73.4. The highest BCUT2D eigenvalue weighted by Crippen LogP contribution is 2.36. The maximum absolute atomic E-state index is 12.8. The number of carbonyl (C=O) groups excluding carboxylic acids is 1. The zero-order chi connectivity index (χ0) is 54.2. The van der Waals surface area contributed by atoms with Gasteiger partial charge in [-0.05, 0) is 38.5 Å². The second kappa shape index (κ2) is 57.1. The van der Waals surface area contributed by atoms with Gasteiger partial charge in [0.05, 0.1) is 159 Å². The number of ether oxygens (including phenoxy) is 12. The Morgan fingerprint density at radius 3 is 0.703 bits per heavy atom. The van der Waals surface area contributed by atoms with Crippen molar-refractivity contribution in [2.24, 2.45) is 0 Å². The lowest BCUT2D eigenvalue weighted by Gasteiger charge is -2.36. The molecule has 2 unspecified atom stereocenters. The van der Waals surface area contributed by atoms with Crippen molar-refractivity contribution < 1.29 is 88.2 Å². The minimum absolute atomic E-state index is 0.117. The van der Waals surface area contributed by atoms with Crippen molar-refractivity contribution in [2.75, 3.05) is 201 Å². The molecule has 0 rings (SSSR count). The Morgan fingerprint density at radius 1 is 0.284 bits per heavy atom. The van der Waals surface area contributed by atoms with Gasteiger partial charge in [0.15, 0.2) is 0 Å². The summed E-state index contributed by atoms with van der Waals surface area (Å²) in [5, 5.41) is 0. The standard InChI is InChI=1S/C53H110O19Si2/c1-9-52(73(67-45-39-61-33-27-55-3,68-46-40-62-34-28-56-4)69-47-41-63-35-29-57-5)25-21-17-13-11-15-19-23-51(54)24-20-16-12-14-18-22-26-53(10-2)74(70-48-42-64-36-30-58-6,71-49-43-65-37-31-59-7)72-50-44-66-38-32-60-8/h52-53H,9-50H2,1-8H3. The van der Waals surface area contributed by atoms with Crippen molar-refractivity contribution >= 4 is 23.4 Å². The molecule has 0 aliphatic rings. The second-order valence-corrected chi connectivity index (χ2v) is 23.8. The maximum atomic E-state index is 12.8. The first-order valence-corrected chi connectivity index (χ1v) is 31.7. The molecule has 0 bridgehead atoms. The monoisotopic (exact) mass is 1110 g/mol. The quantitative estimate of drug-likeness (QED) is 0.0418. The number of hydrogen-bond donors (Lipinski definition) is 0. The summed E-state index contributed by atoms with van der Waals surface area (Å²) < 4.78 is 105. The van der Waals surface area contributed by atoms with Crippen molar-refractivity contribution in [1.29, 1.82) is 0 Å². The minimum Gasteiger partial charge on any atom is -0.382 e. The van der Waals surface area contributed by atoms with E-state index in [1.54, 1.807) is 42.7 Å². The number of ketones is 1. The van der Waals surface area contributed by atoms with Gasteiger partial charge in [0.25, 0.3) is 0 Å². The van der Waals surface area contributed by atoms with Crippen LogP contribution >= 0.6 is 0 Å². The molecule has 21 heteroatoms. The molecular weight excluding hydrogens is 997 g/mol. The highest BCUT2D eigenvalue weighted by molar-refractivity contribution is 6.62. The van der Waals surface area contributed by atoms with Crippen LogP contribution in [0.1, 0.15) is 129 Å². The Kier molecular flexibility index (Phi) is 56.6. The molecule has 0 radical (unpaired) electrons. The third-order valence-corrected chi connectivity index (χ3v) is 19.3. The topological polar surface area (TPSA) is 183 Å². The Balaban J connectivity index is 4.96. The highest BCUT2D eigenvalue weighted by Gasteiger charge is 2.49. The first-order chi connectivity index (χ1) is 36.4. The van der Waals surface area contributed by atoms with Gasteiger partial charge in [-0.15, -0.1) is 0 Å². The molecule has 0 N–H and O–H groups in total. The van der Waals surface area contributed by atoms with Crippen molar-refractivity contribution in [3.05, 3.63) is 0 Å². The van der Waals surface area contributed by atoms with E-state index in [-0.39, 0.29) is 11.1 Å². The zero-order valence-electron chi connectivity index (χ0n) is 48.1. The molecular formula is C53H110O19Si2. The highest BCUT2D eigenvalue weighted by atomic mass is 28.4. The molecule has 2 atom stereocenters. The van der Waals surface area contributed by atoms with Crippen LogP contribution in [0, 0.1) is 0 Å². The Morgan fingerprint density at radius 2 is 0.486 bits per heavy atom. The summed E-state index contributed by atoms with van der Waals surface area (Å²) in [5.41, 5.74) is 0.233. The predicted octanol–water partition coefficient (Wildman–Crippen LogP) is 8.31. The van der Waals surface area contributed by atoms with E-state index in [1.165, 1.54) is 0 Å². The minimum atomic E-state index is -3.18. The molecule has 19 nitrogen and oxygen atoms in total. The fourth-order valence-electron chi connectivity index (χ4n) is 8.11. The second-order valence-electron chi connectivity index (χ2n) is 18.0. The number of hydrogen-bond acceptors (Lipinski definition) is 19. The Hall–Kier alpha value is -0.616. The largest absolute Gasteiger partial charge is 0.504 e. The molecule has 74 heavy (non-hydrogen) atoms. The van der Waals surface area contributed by atoms with Gasteiger partial charge in [0, 0.05) is 66.6 Å². The number of rotatable bonds is 64. The molecule has 0 aromatic heterocycles. The summed E-state index contributed by atoms with van der Waals surface area (Å²) in [6.07, 6.45) is 17.8. The van der Waals surface area contributed by atoms with Crippen LogP contribution in [0.4, 0.5) is 0 Å². The predicted molar refractivity (Wildman–Crippen MR) is 290 cm³/mol. The Bertz CT molecular complexity index is 976. The van der Waals surface area contributed by atoms with Crippen LogP contribution < -0.4 is 0 Å². The average molecular weight is 1110 g/mol. The van der Waals surface area contributed by atoms with E-state index >= 15 is 0 Å². The van der Waals surface area contributed by atoms with Gasteiger partial charge in [0.2, 0.25) is 0 Å². The molecule has 0 saturated carbocycles. The van der Waals surface area contributed by atoms with Crippen LogP contribution in [0.25, 0.3) is 0 Å². The lowest BCUT2D eigenvalue weighted by molar-refractivity contribution is -0.119. The molecule has 0 aromatic rings. The molecule has 0 saturated heterocycles. The smallest absolute Gasteiger partial charge is 0.382 e. The van der Waals surface area contributed by atoms with Crippen molar-refractivity contribution in [3.8, 4) is 0 Å². The van der Waals surface area contributed by atoms with E-state index in [4.69, 9.17) is 83.4 Å². The third-order valence-electron chi connectivity index (χ3n) is 12.3. The fourth-order valence-corrected chi connectivity index (χ4v) is 14.3. The van der Waals surface area contributed by atoms with E-state index in [1.807, 2.05) is 0 Å². The van der Waals surface area contributed by atoms with Crippen molar-refractivity contribution in [3.63, 3.8) is 0 Å². The van der Waals surface area contributed by atoms with Crippen LogP contribution in [0.5, 0.6) is 0 Å². The molecule has 0 amide bonds. The lowest BCUT2D eigenvalue weighted by Crippen LogP contribution is -2.52. The average Bonchev–Trinajstić information content (AvgIpc) is 3.41. The maximum Gasteiger partial charge on any atom is 0.504 e. The van der Waals surface area contributed by atoms with Gasteiger partial charge in [-0.25, -0.2) is 0 Å². The summed E-state index contributed by atoms with van der Waals surface area (Å²) in [5.74, 6) is 0.388. The van der Waals surface area contributed by atoms with E-state index in [2.05, 4.69) is 13.8 Å². The van der Waals surface area contributed by atoms with Crippen LogP contribution in [0.3, 0.4) is 0 Å². The summed E-state index contributed by atoms with van der Waals surface area (Å²) in [7, 11) is 3.58. The summed E-state index contributed by atoms with van der Waals surface area (Å²) in [6, 6.07) is 0. The van der Waals surface area contributed by atoms with Crippen LogP contribution in [0.2, 0.25) is 11.1 Å². The van der Waals surface area contributed by atoms with Gasteiger partial charge in [-0.1, -0.05) is 78.1 Å². The molecule has 0 aromatic carbocycles. The van der Waals surface area contributed by atoms with Crippen LogP contribution in [-0.4, -0.2) is 225 Å². The number of carbonyl (C=O) groups is 1. The number of Topliss-reactive ketones (excluding diaryl/α,β-unsaturated/α-hetero) is 1. The van der Waals surface area contributed by atoms with E-state index in [9.17, 15) is 4.79 Å². The van der Waals surface area contributed by atoms with Gasteiger partial charge >= 0.3 is 17.6 Å². The fraction of sp³-hybridized carbons (Fsp3) is 0.981. The van der Waals surface area contributed by atoms with E-state index in [0.29, 0.717) is 177 Å². The molecule has 0 aliphatic carbocycles. The first-order valence-electron chi connectivity index (χ1n) is 28.1. The zero-order valence-corrected chi connectivity index (χ0v) is 50.1. The van der Waals surface area contributed by atoms with Crippen molar-refractivity contribution in [2.45, 2.75) is 141 Å².